The van der Waals surface area contributed by atoms with Crippen LogP contribution in [0.25, 0.3) is 0 Å². The van der Waals surface area contributed by atoms with E-state index in [4.69, 9.17) is 14.2 Å². The quantitative estimate of drug-likeness (QED) is 0.0267. The fourth-order valence-electron chi connectivity index (χ4n) is 6.35. The second-order valence-corrected chi connectivity index (χ2v) is 15.9. The Morgan fingerprint density at radius 2 is 0.943 bits per heavy atom. The summed E-state index contributed by atoms with van der Waals surface area (Å²) in [6.07, 6.45) is 39.1. The number of rotatable bonds is 39. The molecule has 0 aliphatic carbocycles. The second kappa shape index (κ2) is 36.8. The average Bonchev–Trinajstić information content (AvgIpc) is 3.11. The summed E-state index contributed by atoms with van der Waals surface area (Å²) in [4.78, 5) is 36.8. The van der Waals surface area contributed by atoms with Crippen molar-refractivity contribution in [2.45, 2.75) is 206 Å². The molecule has 2 unspecified atom stereocenters. The zero-order chi connectivity index (χ0) is 39.3. The van der Waals surface area contributed by atoms with Gasteiger partial charge in [-0.15, -0.1) is 0 Å². The first-order valence-electron chi connectivity index (χ1n) is 21.9. The van der Waals surface area contributed by atoms with E-state index in [0.29, 0.717) is 12.8 Å². The fraction of sp³-hybridized carbons (Fsp3) is 0.844. The summed E-state index contributed by atoms with van der Waals surface area (Å²) in [5.74, 6) is -1.75. The molecule has 0 saturated heterocycles. The van der Waals surface area contributed by atoms with Crippen molar-refractivity contribution in [3.05, 3.63) is 24.3 Å². The van der Waals surface area contributed by atoms with Gasteiger partial charge in [0.15, 0.2) is 6.10 Å². The Labute approximate surface area is 326 Å². The van der Waals surface area contributed by atoms with Crippen molar-refractivity contribution < 1.29 is 38.2 Å². The maximum absolute atomic E-state index is 12.7. The molecule has 2 atom stereocenters. The highest BCUT2D eigenvalue weighted by molar-refractivity contribution is 5.70. The number of allylic oxidation sites excluding steroid dienone is 4. The van der Waals surface area contributed by atoms with E-state index in [2.05, 4.69) is 38.2 Å². The third-order valence-electron chi connectivity index (χ3n) is 9.81. The Balaban J connectivity index is 4.33. The van der Waals surface area contributed by atoms with Crippen molar-refractivity contribution in [2.24, 2.45) is 0 Å². The third kappa shape index (κ3) is 35.3. The zero-order valence-electron chi connectivity index (χ0n) is 35.2. The van der Waals surface area contributed by atoms with Gasteiger partial charge in [0.05, 0.1) is 40.3 Å². The molecule has 0 radical (unpaired) electrons. The Morgan fingerprint density at radius 3 is 1.40 bits per heavy atom. The molecule has 0 aliphatic heterocycles. The van der Waals surface area contributed by atoms with E-state index in [1.807, 2.05) is 0 Å². The van der Waals surface area contributed by atoms with Crippen molar-refractivity contribution in [3.8, 4) is 0 Å². The van der Waals surface area contributed by atoms with Crippen LogP contribution in [-0.4, -0.2) is 75.5 Å². The minimum absolute atomic E-state index is 0.0385. The topological polar surface area (TPSA) is 102 Å². The number of nitrogens with zero attached hydrogens (tertiary/aromatic N) is 1. The van der Waals surface area contributed by atoms with Crippen LogP contribution in [0.2, 0.25) is 0 Å². The number of hydrogen-bond acceptors (Lipinski definition) is 7. The van der Waals surface area contributed by atoms with Gasteiger partial charge in [0.2, 0.25) is 0 Å². The standard InChI is InChI=1S/C45H83NO7/c1-6-8-10-12-14-16-18-20-21-22-23-24-26-27-29-31-33-35-43(47)52-40-41(39-51-38-37-42(45(49)50)46(3,4)5)53-44(48)36-34-32-30-28-25-19-17-15-13-11-9-7-2/h15,17,20-21,41-42H,6-14,16,18-19,22-40H2,1-5H3/b17-15+,21-20+. The summed E-state index contributed by atoms with van der Waals surface area (Å²) in [7, 11) is 5.40. The maximum atomic E-state index is 12.7. The second-order valence-electron chi connectivity index (χ2n) is 15.9. The number of aliphatic carboxylic acids is 1. The van der Waals surface area contributed by atoms with Crippen molar-refractivity contribution in [2.75, 3.05) is 41.0 Å². The molecule has 0 amide bonds. The maximum Gasteiger partial charge on any atom is 0.306 e. The molecule has 0 saturated carbocycles. The van der Waals surface area contributed by atoms with E-state index in [0.717, 1.165) is 51.4 Å². The Bertz CT molecular complexity index is 926. The molecule has 8 nitrogen and oxygen atoms in total. The number of carboxylic acid groups (broad SMARTS) is 1. The molecular weight excluding hydrogens is 666 g/mol. The molecule has 310 valence electrons. The van der Waals surface area contributed by atoms with Gasteiger partial charge in [-0.1, -0.05) is 134 Å². The lowest BCUT2D eigenvalue weighted by atomic mass is 10.1. The molecule has 0 aromatic rings. The predicted octanol–water partition coefficient (Wildman–Crippen LogP) is 10.4. The summed E-state index contributed by atoms with van der Waals surface area (Å²) in [5, 5.41) is 11.6. The first-order chi connectivity index (χ1) is 25.6. The zero-order valence-corrected chi connectivity index (χ0v) is 35.2. The van der Waals surface area contributed by atoms with Gasteiger partial charge in [0, 0.05) is 19.3 Å². The van der Waals surface area contributed by atoms with Gasteiger partial charge in [-0.3, -0.25) is 9.59 Å². The summed E-state index contributed by atoms with van der Waals surface area (Å²) in [5.41, 5.74) is 0. The molecule has 0 fully saturated rings. The van der Waals surface area contributed by atoms with Gasteiger partial charge in [-0.2, -0.15) is 0 Å². The molecule has 0 rings (SSSR count). The van der Waals surface area contributed by atoms with Crippen LogP contribution in [0, 0.1) is 0 Å². The highest BCUT2D eigenvalue weighted by Gasteiger charge is 2.25. The Morgan fingerprint density at radius 1 is 0.547 bits per heavy atom. The number of likely N-dealkylation sites (N-methyl/N-ethyl adjacent to an activating group) is 1. The van der Waals surface area contributed by atoms with Crippen LogP contribution >= 0.6 is 0 Å². The van der Waals surface area contributed by atoms with Crippen LogP contribution in [0.5, 0.6) is 0 Å². The molecule has 0 bridgehead atoms. The van der Waals surface area contributed by atoms with Gasteiger partial charge in [-0.25, -0.2) is 0 Å². The highest BCUT2D eigenvalue weighted by Crippen LogP contribution is 2.14. The van der Waals surface area contributed by atoms with Crippen molar-refractivity contribution in [1.29, 1.82) is 0 Å². The molecule has 8 heteroatoms. The van der Waals surface area contributed by atoms with Crippen molar-refractivity contribution in [1.82, 2.24) is 0 Å². The van der Waals surface area contributed by atoms with E-state index in [9.17, 15) is 19.5 Å². The van der Waals surface area contributed by atoms with E-state index in [-0.39, 0.29) is 42.7 Å². The molecule has 0 aliphatic rings. The number of carboxylic acids is 1. The summed E-state index contributed by atoms with van der Waals surface area (Å²) in [6.45, 7) is 4.62. The van der Waals surface area contributed by atoms with E-state index < -0.39 is 18.1 Å². The summed E-state index contributed by atoms with van der Waals surface area (Å²) >= 11 is 0. The fourth-order valence-corrected chi connectivity index (χ4v) is 6.35. The number of ether oxygens (including phenoxy) is 3. The monoisotopic (exact) mass is 750 g/mol. The average molecular weight is 750 g/mol. The van der Waals surface area contributed by atoms with E-state index in [1.165, 1.54) is 109 Å². The van der Waals surface area contributed by atoms with Gasteiger partial charge in [0.25, 0.3) is 0 Å². The lowest BCUT2D eigenvalue weighted by molar-refractivity contribution is -0.889. The predicted molar refractivity (Wildman–Crippen MR) is 217 cm³/mol. The molecular formula is C45H83NO7. The van der Waals surface area contributed by atoms with E-state index >= 15 is 0 Å². The molecule has 53 heavy (non-hydrogen) atoms. The first kappa shape index (κ1) is 50.8. The molecule has 0 aromatic heterocycles. The summed E-state index contributed by atoms with van der Waals surface area (Å²) < 4.78 is 17.1. The number of carbonyl (C=O) groups excluding carboxylic acids is 3. The first-order valence-corrected chi connectivity index (χ1v) is 21.9. The normalized spacial score (nSPS) is 13.2. The lowest BCUT2D eigenvalue weighted by Gasteiger charge is -2.34. The number of hydrogen-bond donors (Lipinski definition) is 0. The van der Waals surface area contributed by atoms with Gasteiger partial charge >= 0.3 is 11.9 Å². The minimum Gasteiger partial charge on any atom is -0.544 e. The van der Waals surface area contributed by atoms with Crippen LogP contribution in [-0.2, 0) is 28.6 Å². The van der Waals surface area contributed by atoms with Crippen LogP contribution in [0.1, 0.15) is 194 Å². The third-order valence-corrected chi connectivity index (χ3v) is 9.81. The van der Waals surface area contributed by atoms with Crippen LogP contribution in [0.4, 0.5) is 0 Å². The SMILES string of the molecule is CCCCC/C=C/CCCCCCCC(=O)OC(COCCC(C(=O)[O-])[N+](C)(C)C)COC(=O)CCCCCCCCC/C=C/CCCCCCCC. The van der Waals surface area contributed by atoms with Gasteiger partial charge < -0.3 is 28.6 Å². The molecule has 0 aromatic carbocycles. The number of esters is 2. The van der Waals surface area contributed by atoms with Crippen molar-refractivity contribution in [3.63, 3.8) is 0 Å². The van der Waals surface area contributed by atoms with E-state index in [1.54, 1.807) is 21.1 Å². The minimum atomic E-state index is -1.13. The van der Waals surface area contributed by atoms with Crippen LogP contribution in [0.3, 0.4) is 0 Å². The number of unbranched alkanes of at least 4 members (excludes halogenated alkanes) is 21. The largest absolute Gasteiger partial charge is 0.544 e. The highest BCUT2D eigenvalue weighted by atomic mass is 16.6. The molecule has 0 spiro atoms. The molecule has 0 N–H and O–H groups in total. The Kier molecular flexibility index (Phi) is 35.2. The Hall–Kier alpha value is -2.19. The van der Waals surface area contributed by atoms with Crippen LogP contribution < -0.4 is 5.11 Å². The summed E-state index contributed by atoms with van der Waals surface area (Å²) in [6, 6.07) is -0.725. The van der Waals surface area contributed by atoms with Crippen molar-refractivity contribution >= 4 is 17.9 Å². The molecule has 0 heterocycles. The van der Waals surface area contributed by atoms with Gasteiger partial charge in [-0.05, 0) is 64.2 Å². The smallest absolute Gasteiger partial charge is 0.306 e. The van der Waals surface area contributed by atoms with Gasteiger partial charge in [0.1, 0.15) is 12.6 Å². The van der Waals surface area contributed by atoms with Crippen LogP contribution in [0.15, 0.2) is 24.3 Å². The number of carbonyl (C=O) groups is 3. The lowest BCUT2D eigenvalue weighted by Crippen LogP contribution is -2.55. The number of quaternary nitrogens is 1.